The van der Waals surface area contributed by atoms with E-state index in [9.17, 15) is 8.42 Å². The number of aromatic nitrogens is 1. The normalized spacial score (nSPS) is 25.4. The SMILES string of the molecule is CCC1COC(C)CN1S(=O)(=O)c1cccnc1Cl. The van der Waals surface area contributed by atoms with Gasteiger partial charge in [-0.2, -0.15) is 4.31 Å². The summed E-state index contributed by atoms with van der Waals surface area (Å²) >= 11 is 5.91. The maximum absolute atomic E-state index is 12.7. The Morgan fingerprint density at radius 2 is 2.32 bits per heavy atom. The second-order valence-corrected chi connectivity index (χ2v) is 6.79. The van der Waals surface area contributed by atoms with Gasteiger partial charge < -0.3 is 4.74 Å². The number of nitrogens with zero attached hydrogens (tertiary/aromatic N) is 2. The van der Waals surface area contributed by atoms with Gasteiger partial charge in [-0.05, 0) is 25.5 Å². The molecule has 2 heterocycles. The zero-order valence-electron chi connectivity index (χ0n) is 10.9. The lowest BCUT2D eigenvalue weighted by Crippen LogP contribution is -2.51. The van der Waals surface area contributed by atoms with Crippen LogP contribution in [0, 0.1) is 0 Å². The third kappa shape index (κ3) is 2.91. The summed E-state index contributed by atoms with van der Waals surface area (Å²) in [5.41, 5.74) is 0. The highest BCUT2D eigenvalue weighted by molar-refractivity contribution is 7.89. The van der Waals surface area contributed by atoms with Crippen molar-refractivity contribution >= 4 is 21.6 Å². The Hall–Kier alpha value is -0.690. The average molecular weight is 305 g/mol. The Morgan fingerprint density at radius 3 is 2.95 bits per heavy atom. The van der Waals surface area contributed by atoms with Crippen LogP contribution in [0.25, 0.3) is 0 Å². The van der Waals surface area contributed by atoms with Gasteiger partial charge in [0.15, 0.2) is 0 Å². The van der Waals surface area contributed by atoms with E-state index in [0.29, 0.717) is 19.6 Å². The smallest absolute Gasteiger partial charge is 0.246 e. The molecule has 2 rings (SSSR count). The first-order valence-electron chi connectivity index (χ1n) is 6.20. The molecular weight excluding hydrogens is 288 g/mol. The molecule has 0 radical (unpaired) electrons. The molecular formula is C12H17ClN2O3S. The van der Waals surface area contributed by atoms with Crippen LogP contribution in [-0.4, -0.2) is 43.0 Å². The maximum Gasteiger partial charge on any atom is 0.246 e. The number of hydrogen-bond acceptors (Lipinski definition) is 4. The molecule has 106 valence electrons. The largest absolute Gasteiger partial charge is 0.375 e. The van der Waals surface area contributed by atoms with Crippen LogP contribution in [0.15, 0.2) is 23.2 Å². The molecule has 2 unspecified atom stereocenters. The fourth-order valence-corrected chi connectivity index (χ4v) is 4.31. The molecule has 2 atom stereocenters. The topological polar surface area (TPSA) is 59.5 Å². The van der Waals surface area contributed by atoms with Crippen LogP contribution in [0.4, 0.5) is 0 Å². The first-order valence-corrected chi connectivity index (χ1v) is 8.02. The predicted molar refractivity (Wildman–Crippen MR) is 72.6 cm³/mol. The number of morpholine rings is 1. The summed E-state index contributed by atoms with van der Waals surface area (Å²) in [7, 11) is -3.63. The monoisotopic (exact) mass is 304 g/mol. The van der Waals surface area contributed by atoms with E-state index in [0.717, 1.165) is 0 Å². The summed E-state index contributed by atoms with van der Waals surface area (Å²) in [4.78, 5) is 3.90. The summed E-state index contributed by atoms with van der Waals surface area (Å²) in [5.74, 6) is 0. The van der Waals surface area contributed by atoms with Crippen LogP contribution in [-0.2, 0) is 14.8 Å². The van der Waals surface area contributed by atoms with E-state index in [-0.39, 0.29) is 22.2 Å². The van der Waals surface area contributed by atoms with Gasteiger partial charge in [0.1, 0.15) is 10.0 Å². The highest BCUT2D eigenvalue weighted by atomic mass is 35.5. The lowest BCUT2D eigenvalue weighted by atomic mass is 10.2. The van der Waals surface area contributed by atoms with Crippen molar-refractivity contribution in [3.63, 3.8) is 0 Å². The van der Waals surface area contributed by atoms with Gasteiger partial charge in [0.05, 0.1) is 12.7 Å². The average Bonchev–Trinajstić information content (AvgIpc) is 2.39. The van der Waals surface area contributed by atoms with Crippen LogP contribution in [0.2, 0.25) is 5.15 Å². The van der Waals surface area contributed by atoms with Gasteiger partial charge in [-0.15, -0.1) is 0 Å². The van der Waals surface area contributed by atoms with Crippen LogP contribution in [0.3, 0.4) is 0 Å². The van der Waals surface area contributed by atoms with Crippen LogP contribution >= 0.6 is 11.6 Å². The third-order valence-electron chi connectivity index (χ3n) is 3.20. The Kier molecular flexibility index (Phi) is 4.45. The van der Waals surface area contributed by atoms with Crippen LogP contribution in [0.5, 0.6) is 0 Å². The third-order valence-corrected chi connectivity index (χ3v) is 5.56. The molecule has 1 aromatic rings. The minimum atomic E-state index is -3.63. The molecule has 0 saturated carbocycles. The Labute approximate surface area is 118 Å². The molecule has 1 fully saturated rings. The number of rotatable bonds is 3. The van der Waals surface area contributed by atoms with E-state index in [4.69, 9.17) is 16.3 Å². The molecule has 0 bridgehead atoms. The van der Waals surface area contributed by atoms with Gasteiger partial charge in [-0.25, -0.2) is 13.4 Å². The fourth-order valence-electron chi connectivity index (χ4n) is 2.12. The lowest BCUT2D eigenvalue weighted by Gasteiger charge is -2.37. The zero-order valence-corrected chi connectivity index (χ0v) is 12.5. The van der Waals surface area contributed by atoms with Gasteiger partial charge in [-0.3, -0.25) is 0 Å². The van der Waals surface area contributed by atoms with Gasteiger partial charge in [0.25, 0.3) is 0 Å². The summed E-state index contributed by atoms with van der Waals surface area (Å²) in [5, 5.41) is 0.0106. The Morgan fingerprint density at radius 1 is 1.58 bits per heavy atom. The van der Waals surface area contributed by atoms with E-state index in [1.54, 1.807) is 6.07 Å². The van der Waals surface area contributed by atoms with E-state index in [1.165, 1.54) is 16.6 Å². The maximum atomic E-state index is 12.7. The van der Waals surface area contributed by atoms with E-state index >= 15 is 0 Å². The minimum Gasteiger partial charge on any atom is -0.375 e. The number of sulfonamides is 1. The fraction of sp³-hybridized carbons (Fsp3) is 0.583. The molecule has 0 N–H and O–H groups in total. The van der Waals surface area contributed by atoms with E-state index in [1.807, 2.05) is 13.8 Å². The lowest BCUT2D eigenvalue weighted by molar-refractivity contribution is -0.0230. The van der Waals surface area contributed by atoms with E-state index < -0.39 is 10.0 Å². The standard InChI is InChI=1S/C12H17ClN2O3S/c1-3-10-8-18-9(2)7-15(10)19(16,17)11-5-4-6-14-12(11)13/h4-6,9-10H,3,7-8H2,1-2H3. The second-order valence-electron chi connectivity index (χ2n) is 4.57. The summed E-state index contributed by atoms with van der Waals surface area (Å²) in [6.45, 7) is 4.55. The van der Waals surface area contributed by atoms with E-state index in [2.05, 4.69) is 4.98 Å². The molecule has 0 aliphatic carbocycles. The molecule has 0 aromatic carbocycles. The number of hydrogen-bond donors (Lipinski definition) is 0. The van der Waals surface area contributed by atoms with Crippen molar-refractivity contribution in [3.8, 4) is 0 Å². The second kappa shape index (κ2) is 5.75. The van der Waals surface area contributed by atoms with Crippen molar-refractivity contribution in [1.82, 2.24) is 9.29 Å². The van der Waals surface area contributed by atoms with Crippen molar-refractivity contribution in [3.05, 3.63) is 23.5 Å². The minimum absolute atomic E-state index is 0.0106. The van der Waals surface area contributed by atoms with Gasteiger partial charge in [0, 0.05) is 18.8 Å². The van der Waals surface area contributed by atoms with Crippen molar-refractivity contribution in [1.29, 1.82) is 0 Å². The predicted octanol–water partition coefficient (Wildman–Crippen LogP) is 1.92. The first kappa shape index (κ1) is 14.7. The van der Waals surface area contributed by atoms with Crippen molar-refractivity contribution < 1.29 is 13.2 Å². The number of halogens is 1. The van der Waals surface area contributed by atoms with Crippen LogP contribution in [0.1, 0.15) is 20.3 Å². The Bertz CT molecular complexity index is 550. The number of pyridine rings is 1. The molecule has 19 heavy (non-hydrogen) atoms. The quantitative estimate of drug-likeness (QED) is 0.801. The van der Waals surface area contributed by atoms with Gasteiger partial charge in [0.2, 0.25) is 10.0 Å². The first-order chi connectivity index (χ1) is 8.96. The Balaban J connectivity index is 2.40. The van der Waals surface area contributed by atoms with Crippen molar-refractivity contribution in [2.45, 2.75) is 37.3 Å². The zero-order chi connectivity index (χ0) is 14.0. The van der Waals surface area contributed by atoms with Crippen molar-refractivity contribution in [2.75, 3.05) is 13.2 Å². The highest BCUT2D eigenvalue weighted by Gasteiger charge is 2.36. The summed E-state index contributed by atoms with van der Waals surface area (Å²) in [6.07, 6.45) is 2.05. The van der Waals surface area contributed by atoms with Crippen LogP contribution < -0.4 is 0 Å². The molecule has 1 aliphatic rings. The molecule has 0 spiro atoms. The summed E-state index contributed by atoms with van der Waals surface area (Å²) < 4.78 is 32.3. The summed E-state index contributed by atoms with van der Waals surface area (Å²) in [6, 6.07) is 2.90. The molecule has 5 nitrogen and oxygen atoms in total. The van der Waals surface area contributed by atoms with Crippen molar-refractivity contribution in [2.24, 2.45) is 0 Å². The van der Waals surface area contributed by atoms with Gasteiger partial charge >= 0.3 is 0 Å². The highest BCUT2D eigenvalue weighted by Crippen LogP contribution is 2.27. The molecule has 1 saturated heterocycles. The molecule has 0 amide bonds. The molecule has 7 heteroatoms. The molecule has 1 aliphatic heterocycles. The number of ether oxygens (including phenoxy) is 1. The molecule has 1 aromatic heterocycles. The van der Waals surface area contributed by atoms with Gasteiger partial charge in [-0.1, -0.05) is 18.5 Å².